The highest BCUT2D eigenvalue weighted by Crippen LogP contribution is 2.28. The zero-order valence-corrected chi connectivity index (χ0v) is 31.5. The van der Waals surface area contributed by atoms with E-state index < -0.39 is 23.9 Å². The highest BCUT2D eigenvalue weighted by Gasteiger charge is 2.25. The Labute approximate surface area is 300 Å². The maximum atomic E-state index is 11.9. The van der Waals surface area contributed by atoms with Gasteiger partial charge in [-0.1, -0.05) is 124 Å². The number of unbranched alkanes of at least 4 members (excludes halogenated alkanes) is 13. The molecule has 0 atom stereocenters. The average molecular weight is 697 g/mol. The Morgan fingerprint density at radius 2 is 0.840 bits per heavy atom. The van der Waals surface area contributed by atoms with Crippen molar-refractivity contribution in [3.05, 3.63) is 68.3 Å². The summed E-state index contributed by atoms with van der Waals surface area (Å²) in [6, 6.07) is 4.86. The van der Waals surface area contributed by atoms with Gasteiger partial charge in [-0.25, -0.2) is 19.2 Å². The number of carboxylic acids is 4. The van der Waals surface area contributed by atoms with Gasteiger partial charge < -0.3 is 20.4 Å². The Morgan fingerprint density at radius 3 is 1.28 bits per heavy atom. The van der Waals surface area contributed by atoms with E-state index in [2.05, 4.69) is 20.8 Å². The van der Waals surface area contributed by atoms with E-state index in [1.165, 1.54) is 51.0 Å². The molecule has 8 heteroatoms. The van der Waals surface area contributed by atoms with Crippen LogP contribution < -0.4 is 0 Å². The molecule has 0 aromatic heterocycles. The number of carbonyl (C=O) groups is 4. The molecule has 0 radical (unpaired) electrons. The highest BCUT2D eigenvalue weighted by molar-refractivity contribution is 6.04. The van der Waals surface area contributed by atoms with E-state index in [-0.39, 0.29) is 22.3 Å². The molecule has 0 aliphatic carbocycles. The molecule has 0 bridgehead atoms. The predicted molar refractivity (Wildman–Crippen MR) is 201 cm³/mol. The van der Waals surface area contributed by atoms with Gasteiger partial charge in [-0.05, 0) is 91.3 Å². The smallest absolute Gasteiger partial charge is 0.336 e. The van der Waals surface area contributed by atoms with Crippen molar-refractivity contribution in [2.24, 2.45) is 0 Å². The number of aryl methyl sites for hydroxylation is 2. The molecule has 0 heterocycles. The lowest BCUT2D eigenvalue weighted by Gasteiger charge is -2.18. The van der Waals surface area contributed by atoms with E-state index in [1.807, 2.05) is 19.9 Å². The van der Waals surface area contributed by atoms with Crippen molar-refractivity contribution in [2.45, 2.75) is 169 Å². The first-order valence-corrected chi connectivity index (χ1v) is 19.3. The standard InChI is InChI=1S/C24H38O4.C18H26O4/c1-3-5-7-9-11-13-15-19-17-18-21(23(25)26)22(24(27)28)20(19)16-14-12-10-8-6-4-2;1-4-7-8-9-10-14-13(6-3)12(5-2)11-15(17(19)20)16(14)18(21)22/h17-18H,3-16H2,1-2H3,(H,25,26)(H,27,28);11H,4-10H2,1-3H3,(H,19,20)(H,21,22). The van der Waals surface area contributed by atoms with Gasteiger partial charge in [0, 0.05) is 0 Å². The molecule has 50 heavy (non-hydrogen) atoms. The monoisotopic (exact) mass is 696 g/mol. The summed E-state index contributed by atoms with van der Waals surface area (Å²) in [5, 5.41) is 38.0. The van der Waals surface area contributed by atoms with Crippen molar-refractivity contribution in [2.75, 3.05) is 0 Å². The summed E-state index contributed by atoms with van der Waals surface area (Å²) in [4.78, 5) is 46.5. The minimum atomic E-state index is -1.16. The molecule has 0 aliphatic heterocycles. The van der Waals surface area contributed by atoms with Crippen molar-refractivity contribution in [3.63, 3.8) is 0 Å². The molecule has 0 spiro atoms. The molecule has 280 valence electrons. The molecule has 0 fully saturated rings. The van der Waals surface area contributed by atoms with Crippen LogP contribution in [0.1, 0.15) is 207 Å². The maximum absolute atomic E-state index is 11.9. The number of hydrogen-bond acceptors (Lipinski definition) is 4. The van der Waals surface area contributed by atoms with Crippen molar-refractivity contribution in [1.29, 1.82) is 0 Å². The molecule has 8 nitrogen and oxygen atoms in total. The summed E-state index contributed by atoms with van der Waals surface area (Å²) in [5.41, 5.74) is 4.29. The van der Waals surface area contributed by atoms with Gasteiger partial charge in [-0.15, -0.1) is 0 Å². The van der Waals surface area contributed by atoms with E-state index in [0.717, 1.165) is 98.4 Å². The fraction of sp³-hybridized carbons (Fsp3) is 0.619. The molecular weight excluding hydrogens is 632 g/mol. The Kier molecular flexibility index (Phi) is 22.4. The van der Waals surface area contributed by atoms with Crippen LogP contribution in [0.2, 0.25) is 0 Å². The summed E-state index contributed by atoms with van der Waals surface area (Å²) in [6.07, 6.45) is 21.6. The third-order valence-electron chi connectivity index (χ3n) is 9.53. The van der Waals surface area contributed by atoms with Crippen LogP contribution in [0.5, 0.6) is 0 Å². The zero-order valence-electron chi connectivity index (χ0n) is 31.5. The molecular formula is C42H64O8. The van der Waals surface area contributed by atoms with Crippen LogP contribution in [0.4, 0.5) is 0 Å². The van der Waals surface area contributed by atoms with Crippen molar-refractivity contribution >= 4 is 23.9 Å². The lowest BCUT2D eigenvalue weighted by molar-refractivity contribution is 0.0650. The lowest BCUT2D eigenvalue weighted by Crippen LogP contribution is -2.16. The van der Waals surface area contributed by atoms with Gasteiger partial charge in [0.05, 0.1) is 22.3 Å². The van der Waals surface area contributed by atoms with Gasteiger partial charge in [0.15, 0.2) is 0 Å². The van der Waals surface area contributed by atoms with E-state index >= 15 is 0 Å². The number of aromatic carboxylic acids is 4. The van der Waals surface area contributed by atoms with E-state index in [4.69, 9.17) is 0 Å². The van der Waals surface area contributed by atoms with Crippen molar-refractivity contribution in [1.82, 2.24) is 0 Å². The lowest BCUT2D eigenvalue weighted by atomic mass is 9.86. The highest BCUT2D eigenvalue weighted by atomic mass is 16.4. The van der Waals surface area contributed by atoms with Crippen molar-refractivity contribution in [3.8, 4) is 0 Å². The van der Waals surface area contributed by atoms with Gasteiger partial charge in [0.25, 0.3) is 0 Å². The molecule has 0 amide bonds. The Morgan fingerprint density at radius 1 is 0.420 bits per heavy atom. The number of hydrogen-bond donors (Lipinski definition) is 4. The maximum Gasteiger partial charge on any atom is 0.336 e. The first-order valence-electron chi connectivity index (χ1n) is 19.3. The normalized spacial score (nSPS) is 10.8. The van der Waals surface area contributed by atoms with E-state index in [9.17, 15) is 39.6 Å². The largest absolute Gasteiger partial charge is 0.478 e. The van der Waals surface area contributed by atoms with Gasteiger partial charge in [-0.3, -0.25) is 0 Å². The topological polar surface area (TPSA) is 149 Å². The van der Waals surface area contributed by atoms with Crippen LogP contribution in [0.3, 0.4) is 0 Å². The first-order chi connectivity index (χ1) is 24.0. The third-order valence-corrected chi connectivity index (χ3v) is 9.53. The SMILES string of the molecule is CCCCCCCCc1ccc(C(=O)O)c(C(=O)O)c1CCCCCCCC.CCCCCCc1c(CC)c(CC)cc(C(=O)O)c1C(=O)O. The molecule has 0 unspecified atom stereocenters. The minimum Gasteiger partial charge on any atom is -0.478 e. The second-order valence-corrected chi connectivity index (χ2v) is 13.3. The molecule has 0 saturated carbocycles. The second kappa shape index (κ2) is 25.3. The fourth-order valence-electron chi connectivity index (χ4n) is 6.83. The summed E-state index contributed by atoms with van der Waals surface area (Å²) >= 11 is 0. The van der Waals surface area contributed by atoms with E-state index in [0.29, 0.717) is 19.3 Å². The van der Waals surface area contributed by atoms with Crippen LogP contribution in [-0.2, 0) is 32.1 Å². The predicted octanol–water partition coefficient (Wildman–Crippen LogP) is 11.2. The average Bonchev–Trinajstić information content (AvgIpc) is 3.08. The quantitative estimate of drug-likeness (QED) is 0.0749. The molecule has 4 N–H and O–H groups in total. The number of carboxylic acid groups (broad SMARTS) is 4. The number of rotatable bonds is 25. The van der Waals surface area contributed by atoms with Gasteiger partial charge in [-0.2, -0.15) is 0 Å². The third kappa shape index (κ3) is 14.7. The molecule has 2 rings (SSSR count). The number of benzene rings is 2. The molecule has 0 saturated heterocycles. The van der Waals surface area contributed by atoms with Crippen LogP contribution >= 0.6 is 0 Å². The minimum absolute atomic E-state index is 0.00420. The zero-order chi connectivity index (χ0) is 37.5. The summed E-state index contributed by atoms with van der Waals surface area (Å²) in [5.74, 6) is -4.58. The molecule has 2 aromatic carbocycles. The fourth-order valence-corrected chi connectivity index (χ4v) is 6.83. The van der Waals surface area contributed by atoms with Gasteiger partial charge in [0.2, 0.25) is 0 Å². The summed E-state index contributed by atoms with van der Waals surface area (Å²) < 4.78 is 0. The van der Waals surface area contributed by atoms with Crippen LogP contribution in [0.15, 0.2) is 18.2 Å². The van der Waals surface area contributed by atoms with Gasteiger partial charge >= 0.3 is 23.9 Å². The Balaban J connectivity index is 0.000000515. The Hall–Kier alpha value is -3.68. The second-order valence-electron chi connectivity index (χ2n) is 13.3. The summed E-state index contributed by atoms with van der Waals surface area (Å²) in [7, 11) is 0. The van der Waals surface area contributed by atoms with Gasteiger partial charge in [0.1, 0.15) is 0 Å². The summed E-state index contributed by atoms with van der Waals surface area (Å²) in [6.45, 7) is 10.5. The first kappa shape index (κ1) is 44.3. The molecule has 0 aliphatic rings. The Bertz CT molecular complexity index is 1360. The van der Waals surface area contributed by atoms with Crippen LogP contribution in [-0.4, -0.2) is 44.3 Å². The van der Waals surface area contributed by atoms with Crippen molar-refractivity contribution < 1.29 is 39.6 Å². The van der Waals surface area contributed by atoms with Crippen LogP contribution in [0.25, 0.3) is 0 Å². The van der Waals surface area contributed by atoms with E-state index in [1.54, 1.807) is 6.07 Å². The van der Waals surface area contributed by atoms with Crippen LogP contribution in [0, 0.1) is 0 Å². The molecule has 2 aromatic rings.